The van der Waals surface area contributed by atoms with Crippen molar-refractivity contribution in [2.24, 2.45) is 0 Å². The summed E-state index contributed by atoms with van der Waals surface area (Å²) >= 11 is 11.3. The molecule has 0 heterocycles. The molecule has 0 aromatic heterocycles. The predicted molar refractivity (Wildman–Crippen MR) is 75.7 cm³/mol. The van der Waals surface area contributed by atoms with Gasteiger partial charge in [0.05, 0.1) is 0 Å². The molecule has 0 amide bonds. The zero-order valence-electron chi connectivity index (χ0n) is 10.6. The van der Waals surface area contributed by atoms with E-state index in [1.807, 2.05) is 0 Å². The normalized spacial score (nSPS) is 9.05. The predicted octanol–water partition coefficient (Wildman–Crippen LogP) is 4.71. The molecule has 2 aromatic carbocycles. The van der Waals surface area contributed by atoms with Gasteiger partial charge in [-0.05, 0) is 38.1 Å². The smallest absolute Gasteiger partial charge is 0.119 e. The minimum atomic E-state index is 0. The quantitative estimate of drug-likeness (QED) is 0.699. The summed E-state index contributed by atoms with van der Waals surface area (Å²) in [4.78, 5) is 0. The Morgan fingerprint density at radius 1 is 0.737 bits per heavy atom. The average molecular weight is 376 g/mol. The molecule has 0 fully saturated rings. The molecule has 5 heteroatoms. The van der Waals surface area contributed by atoms with Crippen molar-refractivity contribution in [1.82, 2.24) is 0 Å². The van der Waals surface area contributed by atoms with Crippen LogP contribution in [0.25, 0.3) is 0 Å². The third kappa shape index (κ3) is 5.56. The number of aromatic hydroxyl groups is 2. The molecule has 100 valence electrons. The Hall–Kier alpha value is -0.497. The van der Waals surface area contributed by atoms with Crippen LogP contribution in [-0.2, 0) is 26.2 Å². The van der Waals surface area contributed by atoms with Gasteiger partial charge in [0, 0.05) is 47.4 Å². The Bertz CT molecular complexity index is 455. The maximum Gasteiger partial charge on any atom is 0.119 e. The molecule has 0 bridgehead atoms. The second kappa shape index (κ2) is 8.63. The van der Waals surface area contributed by atoms with Crippen LogP contribution >= 0.6 is 23.2 Å². The van der Waals surface area contributed by atoms with Crippen LogP contribution in [0.15, 0.2) is 36.4 Å². The summed E-state index contributed by atoms with van der Waals surface area (Å²) in [5, 5.41) is 19.2. The van der Waals surface area contributed by atoms with Crippen molar-refractivity contribution in [3.05, 3.63) is 57.6 Å². The van der Waals surface area contributed by atoms with Crippen LogP contribution in [-0.4, -0.2) is 10.2 Å². The van der Waals surface area contributed by atoms with Gasteiger partial charge in [-0.15, -0.1) is 0 Å². The van der Waals surface area contributed by atoms with Gasteiger partial charge in [-0.2, -0.15) is 0 Å². The van der Waals surface area contributed by atoms with Crippen LogP contribution < -0.4 is 0 Å². The minimum absolute atomic E-state index is 0. The zero-order chi connectivity index (χ0) is 13.7. The van der Waals surface area contributed by atoms with E-state index in [-0.39, 0.29) is 37.7 Å². The number of rotatable bonds is 0. The van der Waals surface area contributed by atoms with Gasteiger partial charge in [0.25, 0.3) is 0 Å². The van der Waals surface area contributed by atoms with Crippen molar-refractivity contribution >= 4 is 23.2 Å². The second-order valence-electron chi connectivity index (χ2n) is 3.77. The van der Waals surface area contributed by atoms with Crippen molar-refractivity contribution in [3.63, 3.8) is 0 Å². The number of benzene rings is 2. The summed E-state index contributed by atoms with van der Waals surface area (Å²) < 4.78 is 0. The molecule has 2 N–H and O–H groups in total. The van der Waals surface area contributed by atoms with Crippen molar-refractivity contribution < 1.29 is 36.4 Å². The van der Waals surface area contributed by atoms with Gasteiger partial charge in [0.2, 0.25) is 0 Å². The first-order chi connectivity index (χ1) is 8.43. The molecule has 0 saturated heterocycles. The van der Waals surface area contributed by atoms with E-state index >= 15 is 0 Å². The largest absolute Gasteiger partial charge is 0.508 e. The van der Waals surface area contributed by atoms with E-state index in [4.69, 9.17) is 33.4 Å². The summed E-state index contributed by atoms with van der Waals surface area (Å²) in [6.45, 7) is 3.55. The van der Waals surface area contributed by atoms with Gasteiger partial charge < -0.3 is 10.2 Å². The van der Waals surface area contributed by atoms with Gasteiger partial charge in [-0.25, -0.2) is 0 Å². The Labute approximate surface area is 142 Å². The van der Waals surface area contributed by atoms with Crippen LogP contribution in [0.4, 0.5) is 0 Å². The van der Waals surface area contributed by atoms with Crippen LogP contribution in [0.1, 0.15) is 11.1 Å². The molecule has 0 spiro atoms. The topological polar surface area (TPSA) is 40.5 Å². The molecular weight excluding hydrogens is 362 g/mol. The van der Waals surface area contributed by atoms with Crippen molar-refractivity contribution in [2.75, 3.05) is 0 Å². The standard InChI is InChI=1S/2C7H7ClO.Zr/c2*1-5-6(8)3-2-4-7(5)9;/h2*2-4,9H,1H3;. The van der Waals surface area contributed by atoms with Gasteiger partial charge >= 0.3 is 0 Å². The molecule has 0 unspecified atom stereocenters. The zero-order valence-corrected chi connectivity index (χ0v) is 14.6. The molecule has 2 nitrogen and oxygen atoms in total. The fourth-order valence-electron chi connectivity index (χ4n) is 1.19. The molecule has 0 atom stereocenters. The van der Waals surface area contributed by atoms with E-state index in [1.54, 1.807) is 50.2 Å². The van der Waals surface area contributed by atoms with Crippen molar-refractivity contribution in [2.45, 2.75) is 13.8 Å². The van der Waals surface area contributed by atoms with Crippen molar-refractivity contribution in [1.29, 1.82) is 0 Å². The molecule has 0 aliphatic rings. The van der Waals surface area contributed by atoms with Gasteiger partial charge in [0.1, 0.15) is 11.5 Å². The number of phenolic OH excluding ortho intramolecular Hbond substituents is 2. The van der Waals surface area contributed by atoms with Crippen LogP contribution in [0.3, 0.4) is 0 Å². The van der Waals surface area contributed by atoms with Crippen LogP contribution in [0.5, 0.6) is 11.5 Å². The molecule has 19 heavy (non-hydrogen) atoms. The molecule has 0 radical (unpaired) electrons. The molecule has 0 aliphatic heterocycles. The molecular formula is C14H14Cl2O2Zr. The first-order valence-electron chi connectivity index (χ1n) is 5.31. The number of phenols is 2. The fourth-order valence-corrected chi connectivity index (χ4v) is 1.53. The Kier molecular flexibility index (Phi) is 8.40. The van der Waals surface area contributed by atoms with Gasteiger partial charge in [-0.3, -0.25) is 0 Å². The fraction of sp³-hybridized carbons (Fsp3) is 0.143. The second-order valence-corrected chi connectivity index (χ2v) is 4.58. The van der Waals surface area contributed by atoms with E-state index in [2.05, 4.69) is 0 Å². The molecule has 2 aromatic rings. The first kappa shape index (κ1) is 18.5. The van der Waals surface area contributed by atoms with Crippen LogP contribution in [0, 0.1) is 13.8 Å². The molecule has 0 aliphatic carbocycles. The number of hydrogen-bond donors (Lipinski definition) is 2. The third-order valence-electron chi connectivity index (χ3n) is 2.48. The summed E-state index contributed by atoms with van der Waals surface area (Å²) in [5.41, 5.74) is 1.47. The maximum absolute atomic E-state index is 9.02. The summed E-state index contributed by atoms with van der Waals surface area (Å²) in [7, 11) is 0. The van der Waals surface area contributed by atoms with E-state index < -0.39 is 0 Å². The van der Waals surface area contributed by atoms with E-state index in [1.165, 1.54) is 0 Å². The van der Waals surface area contributed by atoms with Crippen molar-refractivity contribution in [3.8, 4) is 11.5 Å². The Balaban J connectivity index is 0.000000324. The van der Waals surface area contributed by atoms with Gasteiger partial charge in [0.15, 0.2) is 0 Å². The van der Waals surface area contributed by atoms with Gasteiger partial charge in [-0.1, -0.05) is 35.3 Å². The van der Waals surface area contributed by atoms with E-state index in [9.17, 15) is 0 Å². The maximum atomic E-state index is 9.02. The first-order valence-corrected chi connectivity index (χ1v) is 6.07. The van der Waals surface area contributed by atoms with Crippen LogP contribution in [0.2, 0.25) is 10.0 Å². The molecule has 2 rings (SSSR count). The Morgan fingerprint density at radius 2 is 1.05 bits per heavy atom. The number of halogens is 2. The van der Waals surface area contributed by atoms with E-state index in [0.29, 0.717) is 10.0 Å². The number of hydrogen-bond acceptors (Lipinski definition) is 2. The average Bonchev–Trinajstić information content (AvgIpc) is 2.34. The summed E-state index contributed by atoms with van der Waals surface area (Å²) in [5.74, 6) is 0.505. The Morgan fingerprint density at radius 3 is 1.26 bits per heavy atom. The SMILES string of the molecule is Cc1c(O)cccc1Cl.Cc1c(O)cccc1Cl.[Zr]. The third-order valence-corrected chi connectivity index (χ3v) is 3.30. The minimum Gasteiger partial charge on any atom is -0.508 e. The van der Waals surface area contributed by atoms with E-state index in [0.717, 1.165) is 11.1 Å². The summed E-state index contributed by atoms with van der Waals surface area (Å²) in [6, 6.07) is 10.1. The monoisotopic (exact) mass is 374 g/mol. The molecule has 0 saturated carbocycles. The summed E-state index contributed by atoms with van der Waals surface area (Å²) in [6.07, 6.45) is 0.